The molecule has 0 saturated carbocycles. The highest BCUT2D eigenvalue weighted by Crippen LogP contribution is 2.45. The summed E-state index contributed by atoms with van der Waals surface area (Å²) in [4.78, 5) is 14.4. The fourth-order valence-electron chi connectivity index (χ4n) is 2.55. The van der Waals surface area contributed by atoms with Gasteiger partial charge in [0.2, 0.25) is 5.91 Å². The number of amides is 1. The summed E-state index contributed by atoms with van der Waals surface area (Å²) in [6, 6.07) is 15.3. The van der Waals surface area contributed by atoms with Crippen molar-refractivity contribution in [1.82, 2.24) is 0 Å². The molecule has 0 spiro atoms. The van der Waals surface area contributed by atoms with Crippen LogP contribution < -0.4 is 4.90 Å². The summed E-state index contributed by atoms with van der Waals surface area (Å²) in [5, 5.41) is 0.669. The van der Waals surface area contributed by atoms with E-state index in [0.29, 0.717) is 5.02 Å². The molecule has 1 amide bonds. The molecule has 0 fully saturated rings. The van der Waals surface area contributed by atoms with E-state index in [1.165, 1.54) is 0 Å². The molecule has 1 aliphatic heterocycles. The van der Waals surface area contributed by atoms with Crippen molar-refractivity contribution in [2.45, 2.75) is 19.3 Å². The summed E-state index contributed by atoms with van der Waals surface area (Å²) in [6.45, 7) is 3.92. The van der Waals surface area contributed by atoms with Crippen molar-refractivity contribution in [3.05, 3.63) is 59.1 Å². The molecule has 0 unspecified atom stereocenters. The average Bonchev–Trinajstić information content (AvgIpc) is 2.60. The first-order valence-corrected chi connectivity index (χ1v) is 6.59. The molecule has 0 radical (unpaired) electrons. The van der Waals surface area contributed by atoms with E-state index in [9.17, 15) is 4.79 Å². The number of carbonyl (C=O) groups excluding carboxylic acids is 1. The smallest absolute Gasteiger partial charge is 0.241 e. The summed E-state index contributed by atoms with van der Waals surface area (Å²) in [6.07, 6.45) is 0. The Hall–Kier alpha value is -1.80. The lowest BCUT2D eigenvalue weighted by Crippen LogP contribution is -2.33. The third-order valence-corrected chi connectivity index (χ3v) is 3.89. The van der Waals surface area contributed by atoms with Crippen LogP contribution in [0.2, 0.25) is 5.02 Å². The van der Waals surface area contributed by atoms with Crippen molar-refractivity contribution in [3.63, 3.8) is 0 Å². The van der Waals surface area contributed by atoms with Crippen LogP contribution in [0.15, 0.2) is 48.5 Å². The Balaban J connectivity index is 2.18. The SMILES string of the molecule is CC1(C)C(=O)N(c2ccc(Cl)cc2)c2ccccc21. The van der Waals surface area contributed by atoms with Gasteiger partial charge >= 0.3 is 0 Å². The molecule has 3 heteroatoms. The van der Waals surface area contributed by atoms with Gasteiger partial charge in [-0.25, -0.2) is 0 Å². The van der Waals surface area contributed by atoms with Gasteiger partial charge in [-0.05, 0) is 49.7 Å². The van der Waals surface area contributed by atoms with Crippen LogP contribution in [-0.2, 0) is 10.2 Å². The monoisotopic (exact) mass is 271 g/mol. The summed E-state index contributed by atoms with van der Waals surface area (Å²) in [7, 11) is 0. The lowest BCUT2D eigenvalue weighted by atomic mass is 9.86. The van der Waals surface area contributed by atoms with Gasteiger partial charge in [0.05, 0.1) is 11.1 Å². The van der Waals surface area contributed by atoms with E-state index in [-0.39, 0.29) is 5.91 Å². The molecule has 0 aliphatic carbocycles. The number of fused-ring (bicyclic) bond motifs is 1. The van der Waals surface area contributed by atoms with Gasteiger partial charge in [-0.1, -0.05) is 29.8 Å². The molecule has 1 heterocycles. The summed E-state index contributed by atoms with van der Waals surface area (Å²) in [5.41, 5.74) is 2.39. The molecule has 0 N–H and O–H groups in total. The second kappa shape index (κ2) is 4.10. The predicted octanol–water partition coefficient (Wildman–Crippen LogP) is 4.30. The molecule has 0 saturated heterocycles. The maximum Gasteiger partial charge on any atom is 0.241 e. The number of carbonyl (C=O) groups is 1. The minimum Gasteiger partial charge on any atom is -0.280 e. The lowest BCUT2D eigenvalue weighted by molar-refractivity contribution is -0.121. The molecule has 19 heavy (non-hydrogen) atoms. The largest absolute Gasteiger partial charge is 0.280 e. The molecule has 0 bridgehead atoms. The fraction of sp³-hybridized carbons (Fsp3) is 0.188. The van der Waals surface area contributed by atoms with Crippen LogP contribution in [0.4, 0.5) is 11.4 Å². The molecular weight excluding hydrogens is 258 g/mol. The third kappa shape index (κ3) is 1.75. The van der Waals surface area contributed by atoms with E-state index >= 15 is 0 Å². The summed E-state index contributed by atoms with van der Waals surface area (Å²) < 4.78 is 0. The molecule has 2 aromatic carbocycles. The van der Waals surface area contributed by atoms with Crippen molar-refractivity contribution in [2.75, 3.05) is 4.90 Å². The maximum atomic E-state index is 12.7. The van der Waals surface area contributed by atoms with Gasteiger partial charge < -0.3 is 0 Å². The van der Waals surface area contributed by atoms with Gasteiger partial charge in [-0.15, -0.1) is 0 Å². The normalized spacial score (nSPS) is 16.6. The summed E-state index contributed by atoms with van der Waals surface area (Å²) >= 11 is 5.91. The highest BCUT2D eigenvalue weighted by Gasteiger charge is 2.44. The van der Waals surface area contributed by atoms with Gasteiger partial charge in [0.25, 0.3) is 0 Å². The molecule has 0 atom stereocenters. The van der Waals surface area contributed by atoms with Crippen LogP contribution in [0.3, 0.4) is 0 Å². The van der Waals surface area contributed by atoms with Gasteiger partial charge in [0, 0.05) is 10.7 Å². The quantitative estimate of drug-likeness (QED) is 0.757. The average molecular weight is 272 g/mol. The van der Waals surface area contributed by atoms with Crippen molar-refractivity contribution in [2.24, 2.45) is 0 Å². The molecule has 2 aromatic rings. The summed E-state index contributed by atoms with van der Waals surface area (Å²) in [5.74, 6) is 0.0935. The Bertz CT molecular complexity index is 646. The zero-order valence-electron chi connectivity index (χ0n) is 10.9. The number of hydrogen-bond acceptors (Lipinski definition) is 1. The van der Waals surface area contributed by atoms with Crippen molar-refractivity contribution in [3.8, 4) is 0 Å². The number of rotatable bonds is 1. The van der Waals surface area contributed by atoms with E-state index in [1.807, 2.05) is 50.2 Å². The third-order valence-electron chi connectivity index (χ3n) is 3.64. The number of nitrogens with zero attached hydrogens (tertiary/aromatic N) is 1. The van der Waals surface area contributed by atoms with E-state index in [0.717, 1.165) is 16.9 Å². The molecule has 96 valence electrons. The second-order valence-electron chi connectivity index (χ2n) is 5.26. The Morgan fingerprint density at radius 2 is 1.63 bits per heavy atom. The zero-order valence-corrected chi connectivity index (χ0v) is 11.6. The Kier molecular flexibility index (Phi) is 2.64. The minimum absolute atomic E-state index is 0.0935. The Labute approximate surface area is 117 Å². The zero-order chi connectivity index (χ0) is 13.6. The van der Waals surface area contributed by atoms with Crippen LogP contribution >= 0.6 is 11.6 Å². The van der Waals surface area contributed by atoms with Crippen LogP contribution in [0, 0.1) is 0 Å². The molecule has 2 nitrogen and oxygen atoms in total. The highest BCUT2D eigenvalue weighted by atomic mass is 35.5. The van der Waals surface area contributed by atoms with Gasteiger partial charge in [0.15, 0.2) is 0 Å². The standard InChI is InChI=1S/C16H14ClNO/c1-16(2)13-5-3-4-6-14(13)18(15(16)19)12-9-7-11(17)8-10-12/h3-10H,1-2H3. The molecule has 0 aromatic heterocycles. The van der Waals surface area contributed by atoms with Gasteiger partial charge in [-0.3, -0.25) is 9.69 Å². The first-order valence-electron chi connectivity index (χ1n) is 6.21. The van der Waals surface area contributed by atoms with Crippen molar-refractivity contribution in [1.29, 1.82) is 0 Å². The molecule has 1 aliphatic rings. The predicted molar refractivity (Wildman–Crippen MR) is 78.1 cm³/mol. The van der Waals surface area contributed by atoms with Crippen molar-refractivity contribution >= 4 is 28.9 Å². The number of para-hydroxylation sites is 1. The second-order valence-corrected chi connectivity index (χ2v) is 5.70. The van der Waals surface area contributed by atoms with Gasteiger partial charge in [-0.2, -0.15) is 0 Å². The Morgan fingerprint density at radius 1 is 1.00 bits per heavy atom. The van der Waals surface area contributed by atoms with E-state index in [2.05, 4.69) is 0 Å². The van der Waals surface area contributed by atoms with Crippen LogP contribution in [0.1, 0.15) is 19.4 Å². The topological polar surface area (TPSA) is 20.3 Å². The molecule has 3 rings (SSSR count). The van der Waals surface area contributed by atoms with Crippen LogP contribution in [-0.4, -0.2) is 5.91 Å². The lowest BCUT2D eigenvalue weighted by Gasteiger charge is -2.20. The van der Waals surface area contributed by atoms with Crippen molar-refractivity contribution < 1.29 is 4.79 Å². The number of hydrogen-bond donors (Lipinski definition) is 0. The molecular formula is C16H14ClNO. The van der Waals surface area contributed by atoms with E-state index < -0.39 is 5.41 Å². The first kappa shape index (κ1) is 12.2. The van der Waals surface area contributed by atoms with Crippen LogP contribution in [0.5, 0.6) is 0 Å². The maximum absolute atomic E-state index is 12.7. The van der Waals surface area contributed by atoms with Gasteiger partial charge in [0.1, 0.15) is 0 Å². The van der Waals surface area contributed by atoms with Crippen LogP contribution in [0.25, 0.3) is 0 Å². The first-order chi connectivity index (χ1) is 9.01. The van der Waals surface area contributed by atoms with E-state index in [4.69, 9.17) is 11.6 Å². The van der Waals surface area contributed by atoms with E-state index in [1.54, 1.807) is 17.0 Å². The number of halogens is 1. The Morgan fingerprint density at radius 3 is 2.32 bits per heavy atom. The fourth-order valence-corrected chi connectivity index (χ4v) is 2.67. The highest BCUT2D eigenvalue weighted by molar-refractivity contribution is 6.30. The number of benzene rings is 2. The number of anilines is 2. The minimum atomic E-state index is -0.490.